The summed E-state index contributed by atoms with van der Waals surface area (Å²) in [5.41, 5.74) is 0.345. The van der Waals surface area contributed by atoms with Gasteiger partial charge in [-0.2, -0.15) is 0 Å². The first-order chi connectivity index (χ1) is 9.77. The highest BCUT2D eigenvalue weighted by Crippen LogP contribution is 2.44. The fraction of sp³-hybridized carbons (Fsp3) is 0.571. The molecule has 4 nitrogen and oxygen atoms in total. The summed E-state index contributed by atoms with van der Waals surface area (Å²) in [6.45, 7) is 5.00. The van der Waals surface area contributed by atoms with Crippen molar-refractivity contribution < 1.29 is 17.2 Å². The molecule has 0 unspecified atom stereocenters. The van der Waals surface area contributed by atoms with Crippen molar-refractivity contribution in [1.29, 1.82) is 0 Å². The summed E-state index contributed by atoms with van der Waals surface area (Å²) in [6.07, 6.45) is 1.87. The Balaban J connectivity index is 2.25. The van der Waals surface area contributed by atoms with Crippen LogP contribution in [0.4, 0.5) is 8.78 Å². The Hall–Kier alpha value is -1.05. The molecule has 1 aliphatic rings. The lowest BCUT2D eigenvalue weighted by Gasteiger charge is -2.13. The zero-order valence-electron chi connectivity index (χ0n) is 12.2. The zero-order chi connectivity index (χ0) is 15.7. The van der Waals surface area contributed by atoms with Crippen molar-refractivity contribution in [2.45, 2.75) is 38.1 Å². The van der Waals surface area contributed by atoms with Crippen LogP contribution in [0.1, 0.15) is 32.3 Å². The van der Waals surface area contributed by atoms with E-state index in [4.69, 9.17) is 0 Å². The summed E-state index contributed by atoms with van der Waals surface area (Å²) in [6, 6.07) is 2.19. The summed E-state index contributed by atoms with van der Waals surface area (Å²) in [4.78, 5) is -0.625. The molecule has 1 aromatic rings. The minimum absolute atomic E-state index is 0.0521. The van der Waals surface area contributed by atoms with Crippen LogP contribution in [0.25, 0.3) is 0 Å². The minimum Gasteiger partial charge on any atom is -0.313 e. The van der Waals surface area contributed by atoms with Gasteiger partial charge in [-0.05, 0) is 42.5 Å². The molecule has 0 saturated heterocycles. The summed E-state index contributed by atoms with van der Waals surface area (Å²) in [5.74, 6) is -2.48. The van der Waals surface area contributed by atoms with E-state index < -0.39 is 26.6 Å². The van der Waals surface area contributed by atoms with Crippen LogP contribution in [-0.4, -0.2) is 21.5 Å². The quantitative estimate of drug-likeness (QED) is 0.810. The highest BCUT2D eigenvalue weighted by molar-refractivity contribution is 7.89. The summed E-state index contributed by atoms with van der Waals surface area (Å²) >= 11 is 0. The number of hydrogen-bond donors (Lipinski definition) is 2. The van der Waals surface area contributed by atoms with Crippen LogP contribution in [0, 0.1) is 17.0 Å². The van der Waals surface area contributed by atoms with Gasteiger partial charge in [-0.3, -0.25) is 0 Å². The van der Waals surface area contributed by atoms with Gasteiger partial charge >= 0.3 is 0 Å². The summed E-state index contributed by atoms with van der Waals surface area (Å²) in [5, 5.41) is 2.95. The molecule has 7 heteroatoms. The Morgan fingerprint density at radius 1 is 1.29 bits per heavy atom. The van der Waals surface area contributed by atoms with Crippen LogP contribution >= 0.6 is 0 Å². The van der Waals surface area contributed by atoms with Crippen LogP contribution in [0.2, 0.25) is 0 Å². The van der Waals surface area contributed by atoms with E-state index in [0.29, 0.717) is 12.1 Å². The number of sulfonamides is 1. The molecular weight excluding hydrogens is 298 g/mol. The SMILES string of the molecule is CCNCc1cc(F)c(F)c(S(=O)(=O)NCC2(C)CC2)c1. The van der Waals surface area contributed by atoms with Gasteiger partial charge in [0.2, 0.25) is 10.0 Å². The third-order valence-electron chi connectivity index (χ3n) is 3.72. The molecule has 0 amide bonds. The molecule has 1 aliphatic carbocycles. The first kappa shape index (κ1) is 16.3. The Morgan fingerprint density at radius 3 is 2.52 bits per heavy atom. The summed E-state index contributed by atoms with van der Waals surface area (Å²) in [7, 11) is -4.05. The van der Waals surface area contributed by atoms with Crippen molar-refractivity contribution >= 4 is 10.0 Å². The molecule has 0 bridgehead atoms. The normalized spacial score (nSPS) is 17.0. The second kappa shape index (κ2) is 5.98. The lowest BCUT2D eigenvalue weighted by atomic mass is 10.2. The minimum atomic E-state index is -4.05. The monoisotopic (exact) mass is 318 g/mol. The van der Waals surface area contributed by atoms with Crippen LogP contribution < -0.4 is 10.0 Å². The molecule has 1 fully saturated rings. The van der Waals surface area contributed by atoms with E-state index in [1.54, 1.807) is 0 Å². The molecule has 0 aliphatic heterocycles. The maximum absolute atomic E-state index is 13.8. The molecule has 2 N–H and O–H groups in total. The van der Waals surface area contributed by atoms with Crippen molar-refractivity contribution in [1.82, 2.24) is 10.0 Å². The van der Waals surface area contributed by atoms with Gasteiger partial charge in [0, 0.05) is 13.1 Å². The first-order valence-electron chi connectivity index (χ1n) is 6.96. The van der Waals surface area contributed by atoms with Crippen molar-refractivity contribution in [3.05, 3.63) is 29.3 Å². The molecule has 118 valence electrons. The van der Waals surface area contributed by atoms with Gasteiger partial charge in [-0.1, -0.05) is 13.8 Å². The molecule has 0 aromatic heterocycles. The van der Waals surface area contributed by atoms with Gasteiger partial charge in [-0.15, -0.1) is 0 Å². The maximum Gasteiger partial charge on any atom is 0.243 e. The first-order valence-corrected chi connectivity index (χ1v) is 8.44. The van der Waals surface area contributed by atoms with Gasteiger partial charge in [0.05, 0.1) is 0 Å². The fourth-order valence-electron chi connectivity index (χ4n) is 1.92. The standard InChI is InChI=1S/C14H20F2N2O2S/c1-3-17-8-10-6-11(15)13(16)12(7-10)21(19,20)18-9-14(2)4-5-14/h6-7,17-18H,3-5,8-9H2,1-2H3. The fourth-order valence-corrected chi connectivity index (χ4v) is 3.26. The molecule has 1 saturated carbocycles. The van der Waals surface area contributed by atoms with Crippen LogP contribution in [0.15, 0.2) is 17.0 Å². The van der Waals surface area contributed by atoms with E-state index in [1.165, 1.54) is 6.07 Å². The van der Waals surface area contributed by atoms with Gasteiger partial charge in [0.15, 0.2) is 11.6 Å². The van der Waals surface area contributed by atoms with Crippen molar-refractivity contribution in [3.63, 3.8) is 0 Å². The number of nitrogens with one attached hydrogen (secondary N) is 2. The third-order valence-corrected chi connectivity index (χ3v) is 5.12. The van der Waals surface area contributed by atoms with E-state index in [-0.39, 0.29) is 18.5 Å². The van der Waals surface area contributed by atoms with E-state index in [0.717, 1.165) is 18.9 Å². The van der Waals surface area contributed by atoms with E-state index >= 15 is 0 Å². The second-order valence-electron chi connectivity index (χ2n) is 5.81. The van der Waals surface area contributed by atoms with E-state index in [2.05, 4.69) is 10.0 Å². The van der Waals surface area contributed by atoms with Crippen LogP contribution in [0.3, 0.4) is 0 Å². The molecule has 0 spiro atoms. The van der Waals surface area contributed by atoms with Crippen molar-refractivity contribution in [3.8, 4) is 0 Å². The predicted octanol–water partition coefficient (Wildman–Crippen LogP) is 2.15. The Kier molecular flexibility index (Phi) is 4.65. The van der Waals surface area contributed by atoms with Gasteiger partial charge in [-0.25, -0.2) is 21.9 Å². The third kappa shape index (κ3) is 3.99. The van der Waals surface area contributed by atoms with Gasteiger partial charge in [0.1, 0.15) is 4.90 Å². The molecule has 0 atom stereocenters. The number of benzene rings is 1. The average molecular weight is 318 g/mol. The van der Waals surface area contributed by atoms with Gasteiger partial charge < -0.3 is 5.32 Å². The van der Waals surface area contributed by atoms with E-state index in [1.807, 2.05) is 13.8 Å². The highest BCUT2D eigenvalue weighted by atomic mass is 32.2. The Bertz CT molecular complexity index is 628. The molecule has 2 rings (SSSR count). The van der Waals surface area contributed by atoms with Crippen molar-refractivity contribution in [2.24, 2.45) is 5.41 Å². The molecule has 1 aromatic carbocycles. The predicted molar refractivity (Wildman–Crippen MR) is 76.3 cm³/mol. The molecule has 21 heavy (non-hydrogen) atoms. The van der Waals surface area contributed by atoms with Crippen molar-refractivity contribution in [2.75, 3.05) is 13.1 Å². The molecule has 0 radical (unpaired) electrons. The zero-order valence-corrected chi connectivity index (χ0v) is 13.0. The number of hydrogen-bond acceptors (Lipinski definition) is 3. The Labute approximate surface area is 124 Å². The smallest absolute Gasteiger partial charge is 0.243 e. The maximum atomic E-state index is 13.8. The topological polar surface area (TPSA) is 58.2 Å². The molecular formula is C14H20F2N2O2S. The lowest BCUT2D eigenvalue weighted by molar-refractivity contribution is 0.477. The largest absolute Gasteiger partial charge is 0.313 e. The van der Waals surface area contributed by atoms with E-state index in [9.17, 15) is 17.2 Å². The summed E-state index contributed by atoms with van der Waals surface area (Å²) < 4.78 is 54.1. The lowest BCUT2D eigenvalue weighted by Crippen LogP contribution is -2.30. The number of halogens is 2. The van der Waals surface area contributed by atoms with Crippen LogP contribution in [0.5, 0.6) is 0 Å². The highest BCUT2D eigenvalue weighted by Gasteiger charge is 2.38. The average Bonchev–Trinajstić information content (AvgIpc) is 3.16. The molecule has 0 heterocycles. The number of rotatable bonds is 7. The Morgan fingerprint density at radius 2 is 1.95 bits per heavy atom. The van der Waals surface area contributed by atoms with Gasteiger partial charge in [0.25, 0.3) is 0 Å². The van der Waals surface area contributed by atoms with Crippen LogP contribution in [-0.2, 0) is 16.6 Å². The second-order valence-corrected chi connectivity index (χ2v) is 7.54.